The fraction of sp³-hybridized carbons (Fsp3) is 0.333. The zero-order valence-corrected chi connectivity index (χ0v) is 12.8. The predicted octanol–water partition coefficient (Wildman–Crippen LogP) is 3.59. The van der Waals surface area contributed by atoms with Crippen LogP contribution >= 0.6 is 0 Å². The maximum atomic E-state index is 5.54. The van der Waals surface area contributed by atoms with E-state index in [1.165, 1.54) is 22.3 Å². The highest BCUT2D eigenvalue weighted by atomic mass is 16.7. The SMILES string of the molecule is COc1cc2c(cc1OC)-c1cc3c(cc1CCC2)OCO3. The van der Waals surface area contributed by atoms with Crippen LogP contribution in [0.4, 0.5) is 0 Å². The third-order valence-corrected chi connectivity index (χ3v) is 4.39. The highest BCUT2D eigenvalue weighted by molar-refractivity contribution is 5.77. The first-order chi connectivity index (χ1) is 10.8. The Morgan fingerprint density at radius 1 is 0.773 bits per heavy atom. The summed E-state index contributed by atoms with van der Waals surface area (Å²) in [6, 6.07) is 8.37. The van der Waals surface area contributed by atoms with E-state index in [1.54, 1.807) is 14.2 Å². The van der Waals surface area contributed by atoms with Gasteiger partial charge in [0.15, 0.2) is 23.0 Å². The third-order valence-electron chi connectivity index (χ3n) is 4.39. The molecule has 114 valence electrons. The summed E-state index contributed by atoms with van der Waals surface area (Å²) < 4.78 is 22.0. The Kier molecular flexibility index (Phi) is 3.10. The Balaban J connectivity index is 1.93. The second kappa shape index (κ2) is 5.13. The van der Waals surface area contributed by atoms with Gasteiger partial charge in [-0.1, -0.05) is 0 Å². The Morgan fingerprint density at radius 2 is 1.36 bits per heavy atom. The molecule has 4 rings (SSSR count). The molecule has 0 radical (unpaired) electrons. The lowest BCUT2D eigenvalue weighted by Gasteiger charge is -2.15. The van der Waals surface area contributed by atoms with Crippen molar-refractivity contribution in [3.8, 4) is 34.1 Å². The molecule has 4 heteroatoms. The highest BCUT2D eigenvalue weighted by Crippen LogP contribution is 2.44. The van der Waals surface area contributed by atoms with Crippen molar-refractivity contribution < 1.29 is 18.9 Å². The van der Waals surface area contributed by atoms with Crippen molar-refractivity contribution in [3.05, 3.63) is 35.4 Å². The zero-order chi connectivity index (χ0) is 15.1. The molecular formula is C18H18O4. The zero-order valence-electron chi connectivity index (χ0n) is 12.8. The molecule has 22 heavy (non-hydrogen) atoms. The van der Waals surface area contributed by atoms with Crippen molar-refractivity contribution in [1.29, 1.82) is 0 Å². The molecule has 2 aromatic carbocycles. The van der Waals surface area contributed by atoms with Gasteiger partial charge in [0.1, 0.15) is 0 Å². The lowest BCUT2D eigenvalue weighted by molar-refractivity contribution is 0.174. The molecule has 4 nitrogen and oxygen atoms in total. The van der Waals surface area contributed by atoms with Gasteiger partial charge >= 0.3 is 0 Å². The normalized spacial score (nSPS) is 14.8. The average molecular weight is 298 g/mol. The van der Waals surface area contributed by atoms with Crippen LogP contribution in [0.25, 0.3) is 11.1 Å². The molecule has 1 aliphatic heterocycles. The summed E-state index contributed by atoms with van der Waals surface area (Å²) >= 11 is 0. The van der Waals surface area contributed by atoms with Crippen molar-refractivity contribution in [1.82, 2.24) is 0 Å². The first-order valence-corrected chi connectivity index (χ1v) is 7.48. The van der Waals surface area contributed by atoms with Crippen LogP contribution in [0.1, 0.15) is 17.5 Å². The van der Waals surface area contributed by atoms with Gasteiger partial charge in [-0.05, 0) is 65.8 Å². The van der Waals surface area contributed by atoms with E-state index in [-0.39, 0.29) is 0 Å². The minimum atomic E-state index is 0.303. The van der Waals surface area contributed by atoms with Gasteiger partial charge in [-0.3, -0.25) is 0 Å². The Labute approximate surface area is 129 Å². The number of fused-ring (bicyclic) bond motifs is 4. The first-order valence-electron chi connectivity index (χ1n) is 7.48. The Hall–Kier alpha value is -2.36. The van der Waals surface area contributed by atoms with Crippen LogP contribution in [-0.4, -0.2) is 21.0 Å². The number of hydrogen-bond donors (Lipinski definition) is 0. The average Bonchev–Trinajstić information content (AvgIpc) is 2.93. The number of hydrogen-bond acceptors (Lipinski definition) is 4. The Bertz CT molecular complexity index is 736. The van der Waals surface area contributed by atoms with Crippen LogP contribution in [0.2, 0.25) is 0 Å². The van der Waals surface area contributed by atoms with E-state index < -0.39 is 0 Å². The first kappa shape index (κ1) is 13.3. The maximum Gasteiger partial charge on any atom is 0.231 e. The van der Waals surface area contributed by atoms with E-state index in [9.17, 15) is 0 Å². The van der Waals surface area contributed by atoms with Gasteiger partial charge in [-0.2, -0.15) is 0 Å². The summed E-state index contributed by atoms with van der Waals surface area (Å²) in [5, 5.41) is 0. The van der Waals surface area contributed by atoms with E-state index in [0.29, 0.717) is 6.79 Å². The Morgan fingerprint density at radius 3 is 2.09 bits per heavy atom. The van der Waals surface area contributed by atoms with E-state index in [0.717, 1.165) is 42.3 Å². The smallest absolute Gasteiger partial charge is 0.231 e. The van der Waals surface area contributed by atoms with Gasteiger partial charge in [0.2, 0.25) is 6.79 Å². The molecule has 0 fully saturated rings. The van der Waals surface area contributed by atoms with Crippen molar-refractivity contribution in [3.63, 3.8) is 0 Å². The van der Waals surface area contributed by atoms with Gasteiger partial charge in [-0.25, -0.2) is 0 Å². The molecule has 0 spiro atoms. The van der Waals surface area contributed by atoms with Crippen LogP contribution in [-0.2, 0) is 12.8 Å². The summed E-state index contributed by atoms with van der Waals surface area (Å²) in [6.07, 6.45) is 3.16. The van der Waals surface area contributed by atoms with Crippen LogP contribution in [0.5, 0.6) is 23.0 Å². The fourth-order valence-corrected chi connectivity index (χ4v) is 3.29. The summed E-state index contributed by atoms with van der Waals surface area (Å²) in [6.45, 7) is 0.303. The second-order valence-electron chi connectivity index (χ2n) is 5.58. The third kappa shape index (κ3) is 1.98. The summed E-state index contributed by atoms with van der Waals surface area (Å²) in [5.41, 5.74) is 4.99. The highest BCUT2D eigenvalue weighted by Gasteiger charge is 2.23. The maximum absolute atomic E-state index is 5.54. The molecule has 0 N–H and O–H groups in total. The van der Waals surface area contributed by atoms with Crippen molar-refractivity contribution in [2.45, 2.75) is 19.3 Å². The lowest BCUT2D eigenvalue weighted by atomic mass is 9.95. The molecule has 2 aromatic rings. The number of aryl methyl sites for hydroxylation is 2. The van der Waals surface area contributed by atoms with Crippen LogP contribution in [0.15, 0.2) is 24.3 Å². The number of rotatable bonds is 2. The van der Waals surface area contributed by atoms with Crippen LogP contribution in [0.3, 0.4) is 0 Å². The summed E-state index contributed by atoms with van der Waals surface area (Å²) in [7, 11) is 3.34. The van der Waals surface area contributed by atoms with E-state index >= 15 is 0 Å². The molecule has 0 unspecified atom stereocenters. The minimum Gasteiger partial charge on any atom is -0.493 e. The molecule has 0 amide bonds. The van der Waals surface area contributed by atoms with E-state index in [2.05, 4.69) is 24.3 Å². The summed E-state index contributed by atoms with van der Waals surface area (Å²) in [5.74, 6) is 3.21. The monoisotopic (exact) mass is 298 g/mol. The number of methoxy groups -OCH3 is 2. The van der Waals surface area contributed by atoms with Crippen LogP contribution < -0.4 is 18.9 Å². The molecular weight excluding hydrogens is 280 g/mol. The molecule has 0 aromatic heterocycles. The van der Waals surface area contributed by atoms with Gasteiger partial charge in [0.05, 0.1) is 14.2 Å². The quantitative estimate of drug-likeness (QED) is 0.849. The molecule has 0 saturated heterocycles. The standard InChI is InChI=1S/C18H18O4/c1-19-15-6-11-4-3-5-12-7-17-18(22-10-21-17)9-14(12)13(11)8-16(15)20-2/h6-9H,3-5,10H2,1-2H3. The molecule has 0 saturated carbocycles. The van der Waals surface area contributed by atoms with E-state index in [4.69, 9.17) is 18.9 Å². The number of ether oxygens (including phenoxy) is 4. The summed E-state index contributed by atoms with van der Waals surface area (Å²) in [4.78, 5) is 0. The minimum absolute atomic E-state index is 0.303. The molecule has 1 aliphatic carbocycles. The van der Waals surface area contributed by atoms with Gasteiger partial charge in [0, 0.05) is 0 Å². The van der Waals surface area contributed by atoms with Gasteiger partial charge in [0.25, 0.3) is 0 Å². The topological polar surface area (TPSA) is 36.9 Å². The van der Waals surface area contributed by atoms with Crippen molar-refractivity contribution in [2.75, 3.05) is 21.0 Å². The molecule has 1 heterocycles. The lowest BCUT2D eigenvalue weighted by Crippen LogP contribution is -1.95. The van der Waals surface area contributed by atoms with Crippen molar-refractivity contribution in [2.24, 2.45) is 0 Å². The largest absolute Gasteiger partial charge is 0.493 e. The number of benzene rings is 2. The fourth-order valence-electron chi connectivity index (χ4n) is 3.29. The van der Waals surface area contributed by atoms with Gasteiger partial charge < -0.3 is 18.9 Å². The van der Waals surface area contributed by atoms with Crippen molar-refractivity contribution >= 4 is 0 Å². The predicted molar refractivity (Wildman–Crippen MR) is 83.1 cm³/mol. The molecule has 0 atom stereocenters. The molecule has 2 aliphatic rings. The second-order valence-corrected chi connectivity index (χ2v) is 5.58. The molecule has 0 bridgehead atoms. The van der Waals surface area contributed by atoms with Gasteiger partial charge in [-0.15, -0.1) is 0 Å². The van der Waals surface area contributed by atoms with Crippen LogP contribution in [0, 0.1) is 0 Å². The van der Waals surface area contributed by atoms with E-state index in [1.807, 2.05) is 0 Å².